The topological polar surface area (TPSA) is 47.7 Å². The fourth-order valence-corrected chi connectivity index (χ4v) is 2.35. The molecule has 0 saturated carbocycles. The summed E-state index contributed by atoms with van der Waals surface area (Å²) in [5.74, 6) is 1.57. The van der Waals surface area contributed by atoms with E-state index >= 15 is 0 Å². The quantitative estimate of drug-likeness (QED) is 0.882. The van der Waals surface area contributed by atoms with Gasteiger partial charge >= 0.3 is 0 Å². The summed E-state index contributed by atoms with van der Waals surface area (Å²) in [6, 6.07) is 6.49. The van der Waals surface area contributed by atoms with E-state index in [1.807, 2.05) is 12.1 Å². The summed E-state index contributed by atoms with van der Waals surface area (Å²) in [7, 11) is 3.32. The molecule has 1 aromatic carbocycles. The molecule has 0 aliphatic carbocycles. The molecule has 4 nitrogen and oxygen atoms in total. The Labute approximate surface area is 109 Å². The third-order valence-corrected chi connectivity index (χ3v) is 3.49. The fourth-order valence-electron chi connectivity index (χ4n) is 2.35. The lowest BCUT2D eigenvalue weighted by Crippen LogP contribution is -2.39. The zero-order chi connectivity index (χ0) is 13.0. The van der Waals surface area contributed by atoms with Gasteiger partial charge in [-0.1, -0.05) is 6.07 Å². The van der Waals surface area contributed by atoms with Crippen LogP contribution in [0.15, 0.2) is 18.2 Å². The van der Waals surface area contributed by atoms with Crippen molar-refractivity contribution in [3.63, 3.8) is 0 Å². The van der Waals surface area contributed by atoms with Crippen molar-refractivity contribution in [2.45, 2.75) is 25.4 Å². The third-order valence-electron chi connectivity index (χ3n) is 3.49. The van der Waals surface area contributed by atoms with E-state index in [0.29, 0.717) is 6.04 Å². The molecule has 18 heavy (non-hydrogen) atoms. The molecule has 0 bridgehead atoms. The van der Waals surface area contributed by atoms with Gasteiger partial charge in [-0.3, -0.25) is 4.90 Å². The summed E-state index contributed by atoms with van der Waals surface area (Å²) < 4.78 is 10.6. The standard InChI is InChI=1S/C14H22N2O2/c1-17-13-4-3-11(9-14(13)18-2)10-16-7-5-12(15)6-8-16/h3-4,9,12H,5-8,10,15H2,1-2H3. The minimum absolute atomic E-state index is 0.381. The predicted octanol–water partition coefficient (Wildman–Crippen LogP) is 1.63. The zero-order valence-electron chi connectivity index (χ0n) is 11.2. The average molecular weight is 250 g/mol. The van der Waals surface area contributed by atoms with Gasteiger partial charge < -0.3 is 15.2 Å². The van der Waals surface area contributed by atoms with E-state index in [2.05, 4.69) is 11.0 Å². The van der Waals surface area contributed by atoms with Gasteiger partial charge in [0.25, 0.3) is 0 Å². The van der Waals surface area contributed by atoms with Gasteiger partial charge in [0, 0.05) is 12.6 Å². The summed E-state index contributed by atoms with van der Waals surface area (Å²) in [5, 5.41) is 0. The fraction of sp³-hybridized carbons (Fsp3) is 0.571. The molecular formula is C14H22N2O2. The van der Waals surface area contributed by atoms with Gasteiger partial charge in [-0.05, 0) is 43.6 Å². The van der Waals surface area contributed by atoms with Crippen molar-refractivity contribution in [3.05, 3.63) is 23.8 Å². The second kappa shape index (κ2) is 6.07. The highest BCUT2D eigenvalue weighted by molar-refractivity contribution is 5.42. The summed E-state index contributed by atoms with van der Waals surface area (Å²) in [4.78, 5) is 2.44. The second-order valence-corrected chi connectivity index (χ2v) is 4.80. The Kier molecular flexibility index (Phi) is 4.44. The van der Waals surface area contributed by atoms with Crippen molar-refractivity contribution < 1.29 is 9.47 Å². The Morgan fingerprint density at radius 1 is 1.17 bits per heavy atom. The molecule has 100 valence electrons. The number of methoxy groups -OCH3 is 2. The van der Waals surface area contributed by atoms with Crippen LogP contribution in [0.2, 0.25) is 0 Å². The van der Waals surface area contributed by atoms with Crippen molar-refractivity contribution >= 4 is 0 Å². The van der Waals surface area contributed by atoms with Crippen LogP contribution in [0.5, 0.6) is 11.5 Å². The molecule has 1 heterocycles. The van der Waals surface area contributed by atoms with Crippen molar-refractivity contribution in [1.29, 1.82) is 0 Å². The SMILES string of the molecule is COc1ccc(CN2CCC(N)CC2)cc1OC. The highest BCUT2D eigenvalue weighted by atomic mass is 16.5. The van der Waals surface area contributed by atoms with E-state index in [1.165, 1.54) is 5.56 Å². The van der Waals surface area contributed by atoms with Gasteiger partial charge in [0.05, 0.1) is 14.2 Å². The molecule has 4 heteroatoms. The average Bonchev–Trinajstić information content (AvgIpc) is 2.41. The van der Waals surface area contributed by atoms with Crippen LogP contribution in [0.3, 0.4) is 0 Å². The maximum atomic E-state index is 5.91. The van der Waals surface area contributed by atoms with Crippen LogP contribution in [0, 0.1) is 0 Å². The molecule has 1 aromatic rings. The van der Waals surface area contributed by atoms with Crippen molar-refractivity contribution in [3.8, 4) is 11.5 Å². The molecule has 0 spiro atoms. The first kappa shape index (κ1) is 13.2. The first-order valence-electron chi connectivity index (χ1n) is 6.41. The second-order valence-electron chi connectivity index (χ2n) is 4.80. The first-order valence-corrected chi connectivity index (χ1v) is 6.41. The maximum Gasteiger partial charge on any atom is 0.161 e. The monoisotopic (exact) mass is 250 g/mol. The zero-order valence-corrected chi connectivity index (χ0v) is 11.2. The van der Waals surface area contributed by atoms with Crippen LogP contribution in [0.4, 0.5) is 0 Å². The highest BCUT2D eigenvalue weighted by Crippen LogP contribution is 2.28. The maximum absolute atomic E-state index is 5.91. The van der Waals surface area contributed by atoms with Gasteiger partial charge in [-0.2, -0.15) is 0 Å². The van der Waals surface area contributed by atoms with E-state index < -0.39 is 0 Å². The van der Waals surface area contributed by atoms with E-state index in [4.69, 9.17) is 15.2 Å². The van der Waals surface area contributed by atoms with Crippen LogP contribution < -0.4 is 15.2 Å². The van der Waals surface area contributed by atoms with Crippen molar-refractivity contribution in [1.82, 2.24) is 4.90 Å². The normalized spacial score (nSPS) is 17.7. The Bertz CT molecular complexity index is 387. The Hall–Kier alpha value is -1.26. The molecule has 0 radical (unpaired) electrons. The third kappa shape index (κ3) is 3.15. The van der Waals surface area contributed by atoms with Gasteiger partial charge in [0.15, 0.2) is 11.5 Å². The number of piperidine rings is 1. The van der Waals surface area contributed by atoms with Crippen LogP contribution in [-0.4, -0.2) is 38.3 Å². The number of benzene rings is 1. The van der Waals surface area contributed by atoms with E-state index in [-0.39, 0.29) is 0 Å². The van der Waals surface area contributed by atoms with Gasteiger partial charge in [-0.15, -0.1) is 0 Å². The molecular weight excluding hydrogens is 228 g/mol. The smallest absolute Gasteiger partial charge is 0.161 e. The van der Waals surface area contributed by atoms with Crippen LogP contribution in [-0.2, 0) is 6.54 Å². The summed E-state index contributed by atoms with van der Waals surface area (Å²) in [6.07, 6.45) is 2.18. The molecule has 0 unspecified atom stereocenters. The minimum Gasteiger partial charge on any atom is -0.493 e. The number of nitrogens with two attached hydrogens (primary N) is 1. The van der Waals surface area contributed by atoms with Crippen molar-refractivity contribution in [2.24, 2.45) is 5.73 Å². The molecule has 0 amide bonds. The largest absolute Gasteiger partial charge is 0.493 e. The van der Waals surface area contributed by atoms with Crippen molar-refractivity contribution in [2.75, 3.05) is 27.3 Å². The van der Waals surface area contributed by atoms with E-state index in [0.717, 1.165) is 44.0 Å². The molecule has 0 aromatic heterocycles. The number of nitrogens with zero attached hydrogens (tertiary/aromatic N) is 1. The lowest BCUT2D eigenvalue weighted by atomic mass is 10.1. The van der Waals surface area contributed by atoms with Gasteiger partial charge in [0.2, 0.25) is 0 Å². The molecule has 1 fully saturated rings. The number of hydrogen-bond donors (Lipinski definition) is 1. The molecule has 2 rings (SSSR count). The van der Waals surface area contributed by atoms with Crippen LogP contribution in [0.25, 0.3) is 0 Å². The first-order chi connectivity index (χ1) is 8.72. The Balaban J connectivity index is 2.01. The Morgan fingerprint density at radius 2 is 1.83 bits per heavy atom. The Morgan fingerprint density at radius 3 is 2.44 bits per heavy atom. The number of rotatable bonds is 4. The van der Waals surface area contributed by atoms with Gasteiger partial charge in [-0.25, -0.2) is 0 Å². The highest BCUT2D eigenvalue weighted by Gasteiger charge is 2.16. The lowest BCUT2D eigenvalue weighted by Gasteiger charge is -2.30. The van der Waals surface area contributed by atoms with Gasteiger partial charge in [0.1, 0.15) is 0 Å². The molecule has 0 atom stereocenters. The number of hydrogen-bond acceptors (Lipinski definition) is 4. The predicted molar refractivity (Wildman–Crippen MR) is 72.0 cm³/mol. The number of likely N-dealkylation sites (tertiary alicyclic amines) is 1. The summed E-state index contributed by atoms with van der Waals surface area (Å²) in [6.45, 7) is 3.11. The molecule has 1 aliphatic rings. The summed E-state index contributed by atoms with van der Waals surface area (Å²) >= 11 is 0. The minimum atomic E-state index is 0.381. The molecule has 1 saturated heterocycles. The number of ether oxygens (including phenoxy) is 2. The van der Waals surface area contributed by atoms with Crippen LogP contribution >= 0.6 is 0 Å². The molecule has 1 aliphatic heterocycles. The van der Waals surface area contributed by atoms with Crippen LogP contribution in [0.1, 0.15) is 18.4 Å². The lowest BCUT2D eigenvalue weighted by molar-refractivity contribution is 0.205. The summed E-state index contributed by atoms with van der Waals surface area (Å²) in [5.41, 5.74) is 7.16. The van der Waals surface area contributed by atoms with E-state index in [9.17, 15) is 0 Å². The molecule has 2 N–H and O–H groups in total. The van der Waals surface area contributed by atoms with E-state index in [1.54, 1.807) is 14.2 Å².